The first-order chi connectivity index (χ1) is 10.0. The minimum atomic E-state index is -0.998. The Bertz CT molecular complexity index is 771. The number of rotatable bonds is 4. The molecule has 1 aliphatic rings. The van der Waals surface area contributed by atoms with Crippen LogP contribution in [-0.2, 0) is 0 Å². The second-order valence-corrected chi connectivity index (χ2v) is 6.74. The summed E-state index contributed by atoms with van der Waals surface area (Å²) in [6.45, 7) is 0. The topological polar surface area (TPSA) is 83.0 Å². The molecule has 1 aromatic heterocycles. The standard InChI is InChI=1S/C14H11BrN2O3S/c15-10-4-3-8(5-9(10)14(19)20)21-12-6-11(18)16-13(17-12)7-1-2-7/h3-7H,1-2H2,(H,19,20)(H,16,17,18). The van der Waals surface area contributed by atoms with Gasteiger partial charge in [-0.05, 0) is 47.0 Å². The molecule has 0 amide bonds. The van der Waals surface area contributed by atoms with E-state index in [9.17, 15) is 9.59 Å². The summed E-state index contributed by atoms with van der Waals surface area (Å²) in [6, 6.07) is 6.47. The van der Waals surface area contributed by atoms with Crippen molar-refractivity contribution in [3.8, 4) is 0 Å². The van der Waals surface area contributed by atoms with Crippen molar-refractivity contribution < 1.29 is 9.90 Å². The molecule has 2 N–H and O–H groups in total. The summed E-state index contributed by atoms with van der Waals surface area (Å²) in [4.78, 5) is 30.7. The van der Waals surface area contributed by atoms with E-state index in [1.807, 2.05) is 0 Å². The van der Waals surface area contributed by atoms with Gasteiger partial charge >= 0.3 is 5.97 Å². The first kappa shape index (κ1) is 14.3. The van der Waals surface area contributed by atoms with Crippen LogP contribution < -0.4 is 5.56 Å². The van der Waals surface area contributed by atoms with Crippen LogP contribution in [0.15, 0.2) is 43.5 Å². The average Bonchev–Trinajstić information content (AvgIpc) is 3.24. The van der Waals surface area contributed by atoms with E-state index in [0.29, 0.717) is 15.4 Å². The number of aromatic carboxylic acids is 1. The van der Waals surface area contributed by atoms with Gasteiger partial charge in [0.05, 0.1) is 5.56 Å². The molecule has 5 nitrogen and oxygen atoms in total. The second-order valence-electron chi connectivity index (χ2n) is 4.79. The van der Waals surface area contributed by atoms with Gasteiger partial charge < -0.3 is 10.1 Å². The number of halogens is 1. The molecule has 0 spiro atoms. The number of carbonyl (C=O) groups is 1. The van der Waals surface area contributed by atoms with E-state index in [-0.39, 0.29) is 11.1 Å². The molecular weight excluding hydrogens is 356 g/mol. The summed E-state index contributed by atoms with van der Waals surface area (Å²) >= 11 is 4.49. The Balaban J connectivity index is 1.91. The Kier molecular flexibility index (Phi) is 3.86. The first-order valence-corrected chi connectivity index (χ1v) is 7.96. The summed E-state index contributed by atoms with van der Waals surface area (Å²) in [5.74, 6) is 0.0835. The molecule has 0 unspecified atom stereocenters. The molecule has 1 aromatic carbocycles. The van der Waals surface area contributed by atoms with E-state index in [4.69, 9.17) is 5.11 Å². The number of H-pyrrole nitrogens is 1. The van der Waals surface area contributed by atoms with Crippen molar-refractivity contribution in [2.24, 2.45) is 0 Å². The van der Waals surface area contributed by atoms with Crippen molar-refractivity contribution in [2.75, 3.05) is 0 Å². The Morgan fingerprint density at radius 1 is 1.38 bits per heavy atom. The highest BCUT2D eigenvalue weighted by molar-refractivity contribution is 9.10. The molecule has 7 heteroatoms. The molecule has 108 valence electrons. The van der Waals surface area contributed by atoms with Gasteiger partial charge in [-0.3, -0.25) is 4.79 Å². The SMILES string of the molecule is O=C(O)c1cc(Sc2cc(=O)[nH]c(C3CC3)n2)ccc1Br. The molecule has 0 radical (unpaired) electrons. The number of benzene rings is 1. The Labute approximate surface area is 132 Å². The van der Waals surface area contributed by atoms with Crippen molar-refractivity contribution in [1.82, 2.24) is 9.97 Å². The predicted octanol–water partition coefficient (Wildman–Crippen LogP) is 3.26. The van der Waals surface area contributed by atoms with Gasteiger partial charge in [-0.25, -0.2) is 9.78 Å². The third kappa shape index (κ3) is 3.36. The zero-order valence-corrected chi connectivity index (χ0v) is 13.2. The maximum atomic E-state index is 11.7. The van der Waals surface area contributed by atoms with E-state index in [0.717, 1.165) is 23.6 Å². The van der Waals surface area contributed by atoms with Crippen molar-refractivity contribution in [1.29, 1.82) is 0 Å². The monoisotopic (exact) mass is 366 g/mol. The van der Waals surface area contributed by atoms with Crippen LogP contribution in [0.2, 0.25) is 0 Å². The summed E-state index contributed by atoms with van der Waals surface area (Å²) in [6.07, 6.45) is 2.11. The molecule has 2 aromatic rings. The van der Waals surface area contributed by atoms with Crippen molar-refractivity contribution >= 4 is 33.7 Å². The largest absolute Gasteiger partial charge is 0.478 e. The van der Waals surface area contributed by atoms with Crippen LogP contribution in [0, 0.1) is 0 Å². The van der Waals surface area contributed by atoms with Crippen LogP contribution in [-0.4, -0.2) is 21.0 Å². The molecule has 0 bridgehead atoms. The highest BCUT2D eigenvalue weighted by atomic mass is 79.9. The summed E-state index contributed by atoms with van der Waals surface area (Å²) < 4.78 is 0.525. The third-order valence-electron chi connectivity index (χ3n) is 3.09. The number of carboxylic acids is 1. The van der Waals surface area contributed by atoms with Gasteiger partial charge in [0.2, 0.25) is 0 Å². The number of nitrogens with zero attached hydrogens (tertiary/aromatic N) is 1. The van der Waals surface area contributed by atoms with Crippen LogP contribution >= 0.6 is 27.7 Å². The van der Waals surface area contributed by atoms with Crippen LogP contribution in [0.1, 0.15) is 34.9 Å². The Morgan fingerprint density at radius 3 is 2.81 bits per heavy atom. The van der Waals surface area contributed by atoms with Crippen LogP contribution in [0.4, 0.5) is 0 Å². The molecule has 0 atom stereocenters. The van der Waals surface area contributed by atoms with E-state index in [1.165, 1.54) is 17.8 Å². The quantitative estimate of drug-likeness (QED) is 0.811. The molecule has 1 heterocycles. The molecule has 1 fully saturated rings. The molecule has 3 rings (SSSR count). The summed E-state index contributed by atoms with van der Waals surface area (Å²) in [5.41, 5.74) is 0.0113. The number of carboxylic acid groups (broad SMARTS) is 1. The first-order valence-electron chi connectivity index (χ1n) is 6.35. The fraction of sp³-hybridized carbons (Fsp3) is 0.214. The third-order valence-corrected chi connectivity index (χ3v) is 4.69. The van der Waals surface area contributed by atoms with Crippen LogP contribution in [0.5, 0.6) is 0 Å². The van der Waals surface area contributed by atoms with E-state index >= 15 is 0 Å². The Hall–Kier alpha value is -1.60. The normalized spacial score (nSPS) is 14.1. The number of aromatic amines is 1. The molecule has 21 heavy (non-hydrogen) atoms. The number of aromatic nitrogens is 2. The fourth-order valence-corrected chi connectivity index (χ4v) is 3.19. The predicted molar refractivity (Wildman–Crippen MR) is 82.1 cm³/mol. The molecular formula is C14H11BrN2O3S. The highest BCUT2D eigenvalue weighted by Crippen LogP contribution is 2.38. The minimum Gasteiger partial charge on any atom is -0.478 e. The van der Waals surface area contributed by atoms with Crippen LogP contribution in [0.25, 0.3) is 0 Å². The van der Waals surface area contributed by atoms with E-state index in [1.54, 1.807) is 18.2 Å². The lowest BCUT2D eigenvalue weighted by molar-refractivity contribution is 0.0695. The molecule has 0 saturated heterocycles. The van der Waals surface area contributed by atoms with Gasteiger partial charge in [-0.2, -0.15) is 0 Å². The average molecular weight is 367 g/mol. The van der Waals surface area contributed by atoms with Gasteiger partial charge in [-0.1, -0.05) is 11.8 Å². The smallest absolute Gasteiger partial charge is 0.336 e. The van der Waals surface area contributed by atoms with E-state index < -0.39 is 5.97 Å². The van der Waals surface area contributed by atoms with Gasteiger partial charge in [-0.15, -0.1) is 0 Å². The number of nitrogens with one attached hydrogen (secondary N) is 1. The van der Waals surface area contributed by atoms with Gasteiger partial charge in [0.15, 0.2) is 0 Å². The molecule has 1 aliphatic carbocycles. The minimum absolute atomic E-state index is 0.176. The highest BCUT2D eigenvalue weighted by Gasteiger charge is 2.26. The number of hydrogen-bond donors (Lipinski definition) is 2. The fourth-order valence-electron chi connectivity index (χ4n) is 1.91. The summed E-state index contributed by atoms with van der Waals surface area (Å²) in [7, 11) is 0. The Morgan fingerprint density at radius 2 is 2.14 bits per heavy atom. The zero-order chi connectivity index (χ0) is 15.0. The van der Waals surface area contributed by atoms with E-state index in [2.05, 4.69) is 25.9 Å². The lowest BCUT2D eigenvalue weighted by Crippen LogP contribution is -2.10. The molecule has 0 aliphatic heterocycles. The van der Waals surface area contributed by atoms with Gasteiger partial charge in [0.25, 0.3) is 5.56 Å². The zero-order valence-electron chi connectivity index (χ0n) is 10.8. The maximum Gasteiger partial charge on any atom is 0.336 e. The second kappa shape index (κ2) is 5.65. The lowest BCUT2D eigenvalue weighted by atomic mass is 10.2. The van der Waals surface area contributed by atoms with Crippen molar-refractivity contribution in [2.45, 2.75) is 28.7 Å². The van der Waals surface area contributed by atoms with Crippen molar-refractivity contribution in [3.05, 3.63) is 50.5 Å². The van der Waals surface area contributed by atoms with Gasteiger partial charge in [0.1, 0.15) is 10.9 Å². The number of hydrogen-bond acceptors (Lipinski definition) is 4. The molecule has 1 saturated carbocycles. The summed E-state index contributed by atoms with van der Waals surface area (Å²) in [5, 5.41) is 9.70. The maximum absolute atomic E-state index is 11.7. The van der Waals surface area contributed by atoms with Crippen LogP contribution in [0.3, 0.4) is 0 Å². The van der Waals surface area contributed by atoms with Gasteiger partial charge in [0, 0.05) is 21.4 Å². The lowest BCUT2D eigenvalue weighted by Gasteiger charge is -2.05. The van der Waals surface area contributed by atoms with Crippen molar-refractivity contribution in [3.63, 3.8) is 0 Å².